The number of hydrogen-bond donors (Lipinski definition) is 1. The highest BCUT2D eigenvalue weighted by Gasteiger charge is 2.12. The summed E-state index contributed by atoms with van der Waals surface area (Å²) < 4.78 is 1.02. The van der Waals surface area contributed by atoms with Crippen LogP contribution in [0.3, 0.4) is 0 Å². The summed E-state index contributed by atoms with van der Waals surface area (Å²) in [6.07, 6.45) is 0. The fraction of sp³-hybridized carbons (Fsp3) is 0.100. The summed E-state index contributed by atoms with van der Waals surface area (Å²) in [5.74, 6) is 0. The largest absolute Gasteiger partial charge is 0.399 e. The third kappa shape index (κ3) is 4.14. The van der Waals surface area contributed by atoms with E-state index in [9.17, 15) is 0 Å². The number of anilines is 2. The zero-order chi connectivity index (χ0) is 16.1. The molecule has 2 nitrogen and oxygen atoms in total. The van der Waals surface area contributed by atoms with Gasteiger partial charge < -0.3 is 10.6 Å². The van der Waals surface area contributed by atoms with Gasteiger partial charge in [0.1, 0.15) is 0 Å². The van der Waals surface area contributed by atoms with Gasteiger partial charge in [-0.2, -0.15) is 0 Å². The Morgan fingerprint density at radius 3 is 1.74 bits per heavy atom. The molecule has 0 saturated heterocycles. The SMILES string of the molecule is Nc1ccc(N(Cc2ccccc2)Cc2ccccc2)c(Br)c1. The van der Waals surface area contributed by atoms with Crippen molar-refractivity contribution in [3.63, 3.8) is 0 Å². The Morgan fingerprint density at radius 2 is 1.26 bits per heavy atom. The van der Waals surface area contributed by atoms with Crippen LogP contribution in [0.25, 0.3) is 0 Å². The first-order valence-electron chi connectivity index (χ1n) is 7.60. The lowest BCUT2D eigenvalue weighted by Gasteiger charge is -2.26. The van der Waals surface area contributed by atoms with Crippen molar-refractivity contribution in [3.05, 3.63) is 94.5 Å². The molecule has 0 fully saturated rings. The van der Waals surface area contributed by atoms with E-state index in [0.29, 0.717) is 0 Å². The molecule has 0 heterocycles. The molecule has 3 aromatic carbocycles. The van der Waals surface area contributed by atoms with E-state index in [-0.39, 0.29) is 0 Å². The number of rotatable bonds is 5. The summed E-state index contributed by atoms with van der Waals surface area (Å²) in [6.45, 7) is 1.69. The smallest absolute Gasteiger partial charge is 0.0518 e. The Balaban J connectivity index is 1.92. The van der Waals surface area contributed by atoms with Gasteiger partial charge in [0.2, 0.25) is 0 Å². The second-order valence-electron chi connectivity index (χ2n) is 5.54. The molecular formula is C20H19BrN2. The standard InChI is InChI=1S/C20H19BrN2/c21-19-13-18(22)11-12-20(19)23(14-16-7-3-1-4-8-16)15-17-9-5-2-6-10-17/h1-13H,14-15,22H2. The van der Waals surface area contributed by atoms with Crippen LogP contribution in [0, 0.1) is 0 Å². The van der Waals surface area contributed by atoms with Gasteiger partial charge in [-0.25, -0.2) is 0 Å². The van der Waals surface area contributed by atoms with Crippen LogP contribution < -0.4 is 10.6 Å². The number of nitrogens with zero attached hydrogens (tertiary/aromatic N) is 1. The summed E-state index contributed by atoms with van der Waals surface area (Å²) in [7, 11) is 0. The lowest BCUT2D eigenvalue weighted by Crippen LogP contribution is -2.22. The van der Waals surface area contributed by atoms with Gasteiger partial charge >= 0.3 is 0 Å². The van der Waals surface area contributed by atoms with Crippen LogP contribution in [0.15, 0.2) is 83.3 Å². The van der Waals surface area contributed by atoms with Gasteiger partial charge in [-0.1, -0.05) is 60.7 Å². The first-order chi connectivity index (χ1) is 11.2. The van der Waals surface area contributed by atoms with Crippen molar-refractivity contribution in [1.29, 1.82) is 0 Å². The van der Waals surface area contributed by atoms with Gasteiger partial charge in [0.15, 0.2) is 0 Å². The van der Waals surface area contributed by atoms with Crippen LogP contribution in [0.1, 0.15) is 11.1 Å². The molecule has 0 unspecified atom stereocenters. The summed E-state index contributed by atoms with van der Waals surface area (Å²) in [6, 6.07) is 27.0. The Hall–Kier alpha value is -2.26. The zero-order valence-corrected chi connectivity index (χ0v) is 14.4. The Morgan fingerprint density at radius 1 is 0.739 bits per heavy atom. The van der Waals surface area contributed by atoms with Crippen molar-refractivity contribution >= 4 is 27.3 Å². The third-order valence-corrected chi connectivity index (χ3v) is 4.38. The molecule has 0 amide bonds. The molecule has 0 aliphatic rings. The quantitative estimate of drug-likeness (QED) is 0.625. The average Bonchev–Trinajstić information content (AvgIpc) is 2.56. The summed E-state index contributed by atoms with van der Waals surface area (Å²) >= 11 is 3.65. The topological polar surface area (TPSA) is 29.3 Å². The van der Waals surface area contributed by atoms with Gasteiger partial charge in [0.25, 0.3) is 0 Å². The molecule has 0 radical (unpaired) electrons. The van der Waals surface area contributed by atoms with E-state index in [0.717, 1.165) is 28.9 Å². The fourth-order valence-electron chi connectivity index (χ4n) is 2.61. The molecule has 0 atom stereocenters. The maximum atomic E-state index is 5.88. The minimum atomic E-state index is 0.764. The highest BCUT2D eigenvalue weighted by Crippen LogP contribution is 2.30. The molecule has 0 spiro atoms. The zero-order valence-electron chi connectivity index (χ0n) is 12.8. The molecule has 0 aliphatic carbocycles. The van der Waals surface area contributed by atoms with Crippen molar-refractivity contribution in [1.82, 2.24) is 0 Å². The lowest BCUT2D eigenvalue weighted by atomic mass is 10.1. The molecular weight excluding hydrogens is 348 g/mol. The van der Waals surface area contributed by atoms with Crippen molar-refractivity contribution in [2.75, 3.05) is 10.6 Å². The predicted molar refractivity (Wildman–Crippen MR) is 101 cm³/mol. The van der Waals surface area contributed by atoms with E-state index in [2.05, 4.69) is 75.4 Å². The van der Waals surface area contributed by atoms with E-state index in [1.165, 1.54) is 11.1 Å². The summed E-state index contributed by atoms with van der Waals surface area (Å²) in [4.78, 5) is 2.36. The number of benzene rings is 3. The second kappa shape index (κ2) is 7.34. The van der Waals surface area contributed by atoms with Crippen LogP contribution >= 0.6 is 15.9 Å². The van der Waals surface area contributed by atoms with Gasteiger partial charge in [-0.05, 0) is 45.3 Å². The molecule has 23 heavy (non-hydrogen) atoms. The molecule has 3 aromatic rings. The molecule has 0 aromatic heterocycles. The molecule has 3 rings (SSSR count). The predicted octanol–water partition coefficient (Wildman–Crippen LogP) is 5.24. The highest BCUT2D eigenvalue weighted by atomic mass is 79.9. The van der Waals surface area contributed by atoms with E-state index in [4.69, 9.17) is 5.73 Å². The minimum Gasteiger partial charge on any atom is -0.399 e. The van der Waals surface area contributed by atoms with Crippen LogP contribution in [-0.2, 0) is 13.1 Å². The highest BCUT2D eigenvalue weighted by molar-refractivity contribution is 9.10. The van der Waals surface area contributed by atoms with Crippen LogP contribution in [0.5, 0.6) is 0 Å². The van der Waals surface area contributed by atoms with Crippen LogP contribution in [0.2, 0.25) is 0 Å². The van der Waals surface area contributed by atoms with Crippen molar-refractivity contribution < 1.29 is 0 Å². The molecule has 0 bridgehead atoms. The van der Waals surface area contributed by atoms with Gasteiger partial charge in [-0.3, -0.25) is 0 Å². The van der Waals surface area contributed by atoms with E-state index in [1.54, 1.807) is 0 Å². The maximum Gasteiger partial charge on any atom is 0.0518 e. The average molecular weight is 367 g/mol. The molecule has 3 heteroatoms. The van der Waals surface area contributed by atoms with Gasteiger partial charge in [-0.15, -0.1) is 0 Å². The molecule has 2 N–H and O–H groups in total. The summed E-state index contributed by atoms with van der Waals surface area (Å²) in [5, 5.41) is 0. The van der Waals surface area contributed by atoms with E-state index in [1.807, 2.05) is 24.3 Å². The van der Waals surface area contributed by atoms with Gasteiger partial charge in [0.05, 0.1) is 5.69 Å². The van der Waals surface area contributed by atoms with Crippen molar-refractivity contribution in [3.8, 4) is 0 Å². The fourth-order valence-corrected chi connectivity index (χ4v) is 3.26. The number of hydrogen-bond acceptors (Lipinski definition) is 2. The number of nitrogen functional groups attached to an aromatic ring is 1. The Labute approximate surface area is 145 Å². The minimum absolute atomic E-state index is 0.764. The normalized spacial score (nSPS) is 10.5. The van der Waals surface area contributed by atoms with E-state index < -0.39 is 0 Å². The third-order valence-electron chi connectivity index (χ3n) is 3.74. The Bertz CT molecular complexity index is 716. The van der Waals surface area contributed by atoms with Gasteiger partial charge in [0, 0.05) is 23.2 Å². The first-order valence-corrected chi connectivity index (χ1v) is 8.39. The molecule has 0 saturated carbocycles. The number of nitrogens with two attached hydrogens (primary N) is 1. The number of halogens is 1. The van der Waals surface area contributed by atoms with Crippen LogP contribution in [0.4, 0.5) is 11.4 Å². The maximum absolute atomic E-state index is 5.88. The van der Waals surface area contributed by atoms with Crippen molar-refractivity contribution in [2.24, 2.45) is 0 Å². The van der Waals surface area contributed by atoms with Crippen molar-refractivity contribution in [2.45, 2.75) is 13.1 Å². The van der Waals surface area contributed by atoms with Crippen LogP contribution in [-0.4, -0.2) is 0 Å². The monoisotopic (exact) mass is 366 g/mol. The van der Waals surface area contributed by atoms with E-state index >= 15 is 0 Å². The molecule has 116 valence electrons. The lowest BCUT2D eigenvalue weighted by molar-refractivity contribution is 0.798. The summed E-state index contributed by atoms with van der Waals surface area (Å²) in [5.41, 5.74) is 10.4. The Kier molecular flexibility index (Phi) is 4.99. The second-order valence-corrected chi connectivity index (χ2v) is 6.39. The molecule has 0 aliphatic heterocycles. The first kappa shape index (κ1) is 15.6.